The van der Waals surface area contributed by atoms with E-state index in [1.54, 1.807) is 0 Å². The minimum atomic E-state index is -0.237. The van der Waals surface area contributed by atoms with Gasteiger partial charge in [0.1, 0.15) is 18.0 Å². The first-order valence-electron chi connectivity index (χ1n) is 6.36. The maximum Gasteiger partial charge on any atom is 0.307 e. The second-order valence-corrected chi connectivity index (χ2v) is 4.79. The van der Waals surface area contributed by atoms with Gasteiger partial charge in [-0.05, 0) is 5.92 Å². The molecule has 6 heteroatoms. The molecule has 106 valence electrons. The summed E-state index contributed by atoms with van der Waals surface area (Å²) in [5.74, 6) is 1.91. The highest BCUT2D eigenvalue weighted by Gasteiger charge is 2.06. The Morgan fingerprint density at radius 3 is 2.84 bits per heavy atom. The molecule has 1 aromatic rings. The second-order valence-electron chi connectivity index (χ2n) is 4.79. The summed E-state index contributed by atoms with van der Waals surface area (Å²) in [5.41, 5.74) is 0. The predicted molar refractivity (Wildman–Crippen MR) is 75.3 cm³/mol. The summed E-state index contributed by atoms with van der Waals surface area (Å²) in [6.07, 6.45) is 1.84. The molecule has 0 aliphatic heterocycles. The van der Waals surface area contributed by atoms with E-state index < -0.39 is 0 Å². The first kappa shape index (κ1) is 15.2. The highest BCUT2D eigenvalue weighted by Crippen LogP contribution is 2.13. The van der Waals surface area contributed by atoms with Crippen LogP contribution in [0.4, 0.5) is 11.6 Å². The van der Waals surface area contributed by atoms with E-state index in [4.69, 9.17) is 0 Å². The van der Waals surface area contributed by atoms with E-state index in [0.717, 1.165) is 12.4 Å². The van der Waals surface area contributed by atoms with Crippen molar-refractivity contribution in [1.82, 2.24) is 9.97 Å². The van der Waals surface area contributed by atoms with Crippen molar-refractivity contribution in [2.45, 2.75) is 20.3 Å². The molecule has 1 aromatic heterocycles. The molecule has 0 radical (unpaired) electrons. The van der Waals surface area contributed by atoms with Gasteiger partial charge in [0.25, 0.3) is 0 Å². The van der Waals surface area contributed by atoms with E-state index >= 15 is 0 Å². The van der Waals surface area contributed by atoms with Gasteiger partial charge in [-0.15, -0.1) is 0 Å². The molecule has 0 unspecified atom stereocenters. The van der Waals surface area contributed by atoms with Crippen LogP contribution in [-0.4, -0.2) is 43.2 Å². The number of aromatic nitrogens is 2. The third-order valence-electron chi connectivity index (χ3n) is 2.55. The summed E-state index contributed by atoms with van der Waals surface area (Å²) in [4.78, 5) is 21.4. The molecular weight excluding hydrogens is 244 g/mol. The Kier molecular flexibility index (Phi) is 6.05. The molecule has 0 aromatic carbocycles. The molecule has 0 saturated carbocycles. The maximum atomic E-state index is 11.0. The van der Waals surface area contributed by atoms with Gasteiger partial charge >= 0.3 is 5.97 Å². The fourth-order valence-corrected chi connectivity index (χ4v) is 1.69. The quantitative estimate of drug-likeness (QED) is 0.755. The lowest BCUT2D eigenvalue weighted by molar-refractivity contribution is -0.140. The zero-order valence-electron chi connectivity index (χ0n) is 12.0. The van der Waals surface area contributed by atoms with Crippen LogP contribution in [0.25, 0.3) is 0 Å². The Hall–Kier alpha value is -1.85. The van der Waals surface area contributed by atoms with Crippen molar-refractivity contribution >= 4 is 17.6 Å². The number of ether oxygens (including phenoxy) is 1. The SMILES string of the molecule is COC(=O)CCNc1cc(N(C)CC(C)C)ncn1. The van der Waals surface area contributed by atoms with Gasteiger partial charge in [0, 0.05) is 26.2 Å². The number of hydrogen-bond acceptors (Lipinski definition) is 6. The molecule has 0 bridgehead atoms. The van der Waals surface area contributed by atoms with Crippen LogP contribution in [0.15, 0.2) is 12.4 Å². The summed E-state index contributed by atoms with van der Waals surface area (Å²) >= 11 is 0. The van der Waals surface area contributed by atoms with Crippen molar-refractivity contribution in [2.75, 3.05) is 37.5 Å². The van der Waals surface area contributed by atoms with Gasteiger partial charge in [0.05, 0.1) is 13.5 Å². The lowest BCUT2D eigenvalue weighted by atomic mass is 10.2. The average Bonchev–Trinajstić information content (AvgIpc) is 2.38. The summed E-state index contributed by atoms with van der Waals surface area (Å²) in [6.45, 7) is 5.75. The number of carbonyl (C=O) groups excluding carboxylic acids is 1. The lowest BCUT2D eigenvalue weighted by Crippen LogP contribution is -2.23. The zero-order valence-corrected chi connectivity index (χ0v) is 12.0. The molecule has 0 aliphatic carbocycles. The third-order valence-corrected chi connectivity index (χ3v) is 2.55. The van der Waals surface area contributed by atoms with Gasteiger partial charge < -0.3 is 15.0 Å². The Balaban J connectivity index is 2.54. The molecule has 0 saturated heterocycles. The van der Waals surface area contributed by atoms with Crippen molar-refractivity contribution in [3.05, 3.63) is 12.4 Å². The largest absolute Gasteiger partial charge is 0.469 e. The normalized spacial score (nSPS) is 10.4. The minimum Gasteiger partial charge on any atom is -0.469 e. The zero-order chi connectivity index (χ0) is 14.3. The number of esters is 1. The van der Waals surface area contributed by atoms with Gasteiger partial charge in [0.15, 0.2) is 0 Å². The molecule has 1 N–H and O–H groups in total. The summed E-state index contributed by atoms with van der Waals surface area (Å²) < 4.78 is 4.57. The minimum absolute atomic E-state index is 0.237. The maximum absolute atomic E-state index is 11.0. The van der Waals surface area contributed by atoms with Gasteiger partial charge in [-0.25, -0.2) is 9.97 Å². The molecule has 1 heterocycles. The molecule has 1 rings (SSSR count). The number of methoxy groups -OCH3 is 1. The average molecular weight is 266 g/mol. The van der Waals surface area contributed by atoms with Crippen LogP contribution in [-0.2, 0) is 9.53 Å². The van der Waals surface area contributed by atoms with Crippen molar-refractivity contribution in [1.29, 1.82) is 0 Å². The first-order chi connectivity index (χ1) is 9.02. The van der Waals surface area contributed by atoms with Crippen LogP contribution in [0.3, 0.4) is 0 Å². The van der Waals surface area contributed by atoms with E-state index in [-0.39, 0.29) is 5.97 Å². The van der Waals surface area contributed by atoms with Crippen LogP contribution < -0.4 is 10.2 Å². The van der Waals surface area contributed by atoms with Crippen molar-refractivity contribution in [2.24, 2.45) is 5.92 Å². The third kappa shape index (κ3) is 5.54. The van der Waals surface area contributed by atoms with E-state index in [1.807, 2.05) is 13.1 Å². The highest BCUT2D eigenvalue weighted by atomic mass is 16.5. The highest BCUT2D eigenvalue weighted by molar-refractivity contribution is 5.69. The summed E-state index contributed by atoms with van der Waals surface area (Å²) in [5, 5.41) is 3.08. The van der Waals surface area contributed by atoms with Crippen molar-refractivity contribution < 1.29 is 9.53 Å². The van der Waals surface area contributed by atoms with Crippen LogP contribution in [0.1, 0.15) is 20.3 Å². The second kappa shape index (κ2) is 7.56. The molecule has 0 spiro atoms. The Labute approximate surface area is 114 Å². The van der Waals surface area contributed by atoms with Gasteiger partial charge in [0.2, 0.25) is 0 Å². The molecule has 6 nitrogen and oxygen atoms in total. The molecule has 0 aliphatic rings. The molecule has 0 amide bonds. The molecular formula is C13H22N4O2. The predicted octanol–water partition coefficient (Wildman–Crippen LogP) is 1.54. The van der Waals surface area contributed by atoms with Crippen LogP contribution in [0.2, 0.25) is 0 Å². The van der Waals surface area contributed by atoms with Crippen LogP contribution in [0.5, 0.6) is 0 Å². The van der Waals surface area contributed by atoms with Gasteiger partial charge in [-0.1, -0.05) is 13.8 Å². The fourth-order valence-electron chi connectivity index (χ4n) is 1.69. The Morgan fingerprint density at radius 1 is 1.47 bits per heavy atom. The topological polar surface area (TPSA) is 67.3 Å². The van der Waals surface area contributed by atoms with E-state index in [0.29, 0.717) is 24.7 Å². The van der Waals surface area contributed by atoms with Crippen molar-refractivity contribution in [3.8, 4) is 0 Å². The van der Waals surface area contributed by atoms with Crippen molar-refractivity contribution in [3.63, 3.8) is 0 Å². The van der Waals surface area contributed by atoms with E-state index in [9.17, 15) is 4.79 Å². The number of hydrogen-bond donors (Lipinski definition) is 1. The number of anilines is 2. The number of nitrogens with zero attached hydrogens (tertiary/aromatic N) is 3. The summed E-state index contributed by atoms with van der Waals surface area (Å²) in [6, 6.07) is 1.87. The van der Waals surface area contributed by atoms with E-state index in [1.165, 1.54) is 13.4 Å². The standard InChI is InChI=1S/C13H22N4O2/c1-10(2)8-17(3)12-7-11(15-9-16-12)14-6-5-13(18)19-4/h7,9-10H,5-6,8H2,1-4H3,(H,14,15,16). The molecule has 0 fully saturated rings. The molecule has 0 atom stereocenters. The Bertz CT molecular complexity index is 409. The Morgan fingerprint density at radius 2 is 2.21 bits per heavy atom. The number of carbonyl (C=O) groups is 1. The summed E-state index contributed by atoms with van der Waals surface area (Å²) in [7, 11) is 3.38. The van der Waals surface area contributed by atoms with Gasteiger partial charge in [-0.2, -0.15) is 0 Å². The smallest absolute Gasteiger partial charge is 0.307 e. The van der Waals surface area contributed by atoms with Gasteiger partial charge in [-0.3, -0.25) is 4.79 Å². The van der Waals surface area contributed by atoms with Crippen LogP contribution in [0, 0.1) is 5.92 Å². The number of nitrogens with one attached hydrogen (secondary N) is 1. The number of rotatable bonds is 7. The van der Waals surface area contributed by atoms with Crippen LogP contribution >= 0.6 is 0 Å². The lowest BCUT2D eigenvalue weighted by Gasteiger charge is -2.20. The molecule has 19 heavy (non-hydrogen) atoms. The first-order valence-corrected chi connectivity index (χ1v) is 6.36. The monoisotopic (exact) mass is 266 g/mol. The van der Waals surface area contributed by atoms with E-state index in [2.05, 4.69) is 38.8 Å². The fraction of sp³-hybridized carbons (Fsp3) is 0.615.